The number of hydrogen-bond donors (Lipinski definition) is 1. The van der Waals surface area contributed by atoms with Crippen molar-refractivity contribution >= 4 is 11.0 Å². The second-order valence-electron chi connectivity index (χ2n) is 3.65. The summed E-state index contributed by atoms with van der Waals surface area (Å²) in [6.07, 6.45) is -2.32. The molecule has 0 aliphatic rings. The number of alkyl halides is 2. The Morgan fingerprint density at radius 1 is 1.31 bits per heavy atom. The normalized spacial score (nSPS) is 11.5. The van der Waals surface area contributed by atoms with Gasteiger partial charge in [-0.15, -0.1) is 0 Å². The molecule has 0 saturated heterocycles. The maximum atomic E-state index is 12.0. The monoisotopic (exact) mass is 225 g/mol. The van der Waals surface area contributed by atoms with E-state index in [0.29, 0.717) is 6.54 Å². The molecule has 1 aromatic carbocycles. The van der Waals surface area contributed by atoms with Crippen LogP contribution in [0.3, 0.4) is 0 Å². The van der Waals surface area contributed by atoms with E-state index in [4.69, 9.17) is 4.42 Å². The van der Waals surface area contributed by atoms with Gasteiger partial charge in [0.15, 0.2) is 0 Å². The molecule has 0 amide bonds. The highest BCUT2D eigenvalue weighted by Gasteiger charge is 2.10. The fourth-order valence-electron chi connectivity index (χ4n) is 1.75. The van der Waals surface area contributed by atoms with Gasteiger partial charge in [0, 0.05) is 17.5 Å². The van der Waals surface area contributed by atoms with Gasteiger partial charge in [0.1, 0.15) is 11.3 Å². The van der Waals surface area contributed by atoms with E-state index in [-0.39, 0.29) is 6.54 Å². The lowest BCUT2D eigenvalue weighted by molar-refractivity contribution is 0.145. The van der Waals surface area contributed by atoms with Gasteiger partial charge in [-0.1, -0.05) is 18.2 Å². The van der Waals surface area contributed by atoms with E-state index in [1.165, 1.54) is 0 Å². The van der Waals surface area contributed by atoms with Crippen molar-refractivity contribution in [2.45, 2.75) is 19.9 Å². The molecule has 16 heavy (non-hydrogen) atoms. The smallest absolute Gasteiger partial charge is 0.250 e. The lowest BCUT2D eigenvalue weighted by atomic mass is 10.1. The molecule has 0 radical (unpaired) electrons. The lowest BCUT2D eigenvalue weighted by Crippen LogP contribution is -2.20. The summed E-state index contributed by atoms with van der Waals surface area (Å²) >= 11 is 0. The highest BCUT2D eigenvalue weighted by Crippen LogP contribution is 2.24. The Morgan fingerprint density at radius 3 is 2.81 bits per heavy atom. The Morgan fingerprint density at radius 2 is 2.06 bits per heavy atom. The van der Waals surface area contributed by atoms with Gasteiger partial charge in [0.2, 0.25) is 0 Å². The van der Waals surface area contributed by atoms with E-state index in [9.17, 15) is 8.78 Å². The molecule has 0 bridgehead atoms. The molecule has 0 aliphatic heterocycles. The van der Waals surface area contributed by atoms with E-state index in [1.54, 1.807) is 0 Å². The molecule has 1 aromatic heterocycles. The number of benzene rings is 1. The number of para-hydroxylation sites is 1. The molecule has 2 rings (SSSR count). The summed E-state index contributed by atoms with van der Waals surface area (Å²) in [5.74, 6) is 0.781. The van der Waals surface area contributed by atoms with Crippen LogP contribution < -0.4 is 5.32 Å². The highest BCUT2D eigenvalue weighted by molar-refractivity contribution is 5.82. The first-order valence-corrected chi connectivity index (χ1v) is 5.14. The summed E-state index contributed by atoms with van der Waals surface area (Å²) in [6, 6.07) is 7.61. The van der Waals surface area contributed by atoms with Crippen molar-refractivity contribution in [1.29, 1.82) is 0 Å². The van der Waals surface area contributed by atoms with Gasteiger partial charge in [-0.25, -0.2) is 8.78 Å². The minimum absolute atomic E-state index is 0.293. The number of halogens is 2. The predicted molar refractivity (Wildman–Crippen MR) is 58.7 cm³/mol. The molecule has 0 spiro atoms. The van der Waals surface area contributed by atoms with Crippen LogP contribution in [-0.2, 0) is 6.54 Å². The van der Waals surface area contributed by atoms with Crippen LogP contribution in [0, 0.1) is 6.92 Å². The Kier molecular flexibility index (Phi) is 3.19. The third-order valence-corrected chi connectivity index (χ3v) is 2.50. The predicted octanol–water partition coefficient (Wildman–Crippen LogP) is 3.10. The van der Waals surface area contributed by atoms with E-state index in [1.807, 2.05) is 31.2 Å². The molecule has 0 atom stereocenters. The molecule has 0 aliphatic carbocycles. The third kappa shape index (κ3) is 2.22. The Labute approximate surface area is 92.2 Å². The van der Waals surface area contributed by atoms with E-state index >= 15 is 0 Å². The minimum atomic E-state index is -2.32. The van der Waals surface area contributed by atoms with Gasteiger partial charge in [-0.2, -0.15) is 0 Å². The topological polar surface area (TPSA) is 25.2 Å². The lowest BCUT2D eigenvalue weighted by Gasteiger charge is -2.03. The van der Waals surface area contributed by atoms with Gasteiger partial charge in [0.05, 0.1) is 6.54 Å². The molecule has 0 unspecified atom stereocenters. The Hall–Kier alpha value is -1.42. The summed E-state index contributed by atoms with van der Waals surface area (Å²) < 4.78 is 29.5. The van der Waals surface area contributed by atoms with Crippen LogP contribution in [0.25, 0.3) is 11.0 Å². The van der Waals surface area contributed by atoms with Gasteiger partial charge < -0.3 is 9.73 Å². The molecular weight excluding hydrogens is 212 g/mol. The van der Waals surface area contributed by atoms with Crippen molar-refractivity contribution in [3.05, 3.63) is 35.6 Å². The average Bonchev–Trinajstić information content (AvgIpc) is 2.55. The van der Waals surface area contributed by atoms with Crippen molar-refractivity contribution < 1.29 is 13.2 Å². The molecule has 2 aromatic rings. The first-order valence-electron chi connectivity index (χ1n) is 5.14. The van der Waals surface area contributed by atoms with Gasteiger partial charge in [0.25, 0.3) is 6.43 Å². The third-order valence-electron chi connectivity index (χ3n) is 2.50. The Balaban J connectivity index is 2.19. The zero-order chi connectivity index (χ0) is 11.5. The minimum Gasteiger partial charge on any atom is -0.461 e. The molecule has 1 heterocycles. The number of furan rings is 1. The molecular formula is C12H13F2NO. The first kappa shape index (κ1) is 11.1. The zero-order valence-corrected chi connectivity index (χ0v) is 8.97. The number of nitrogens with one attached hydrogen (secondary N) is 1. The van der Waals surface area contributed by atoms with E-state index in [2.05, 4.69) is 5.32 Å². The Bertz CT molecular complexity index is 479. The highest BCUT2D eigenvalue weighted by atomic mass is 19.3. The summed E-state index contributed by atoms with van der Waals surface area (Å²) in [5.41, 5.74) is 1.75. The summed E-state index contributed by atoms with van der Waals surface area (Å²) in [6.45, 7) is 1.96. The van der Waals surface area contributed by atoms with E-state index < -0.39 is 6.43 Å². The fraction of sp³-hybridized carbons (Fsp3) is 0.333. The van der Waals surface area contributed by atoms with Crippen molar-refractivity contribution in [2.24, 2.45) is 0 Å². The maximum absolute atomic E-state index is 12.0. The number of fused-ring (bicyclic) bond motifs is 1. The van der Waals surface area contributed by atoms with Crippen LogP contribution in [0.1, 0.15) is 11.3 Å². The van der Waals surface area contributed by atoms with Crippen LogP contribution in [-0.4, -0.2) is 13.0 Å². The van der Waals surface area contributed by atoms with Crippen molar-refractivity contribution in [3.8, 4) is 0 Å². The first-order chi connectivity index (χ1) is 7.68. The maximum Gasteiger partial charge on any atom is 0.250 e. The van der Waals surface area contributed by atoms with Crippen LogP contribution in [0.2, 0.25) is 0 Å². The molecule has 4 heteroatoms. The van der Waals surface area contributed by atoms with Crippen LogP contribution in [0.15, 0.2) is 28.7 Å². The summed E-state index contributed by atoms with van der Waals surface area (Å²) in [7, 11) is 0. The number of hydrogen-bond acceptors (Lipinski definition) is 2. The fourth-order valence-corrected chi connectivity index (χ4v) is 1.75. The summed E-state index contributed by atoms with van der Waals surface area (Å²) in [4.78, 5) is 0. The van der Waals surface area contributed by atoms with E-state index in [0.717, 1.165) is 22.3 Å². The van der Waals surface area contributed by atoms with Crippen molar-refractivity contribution in [3.63, 3.8) is 0 Å². The van der Waals surface area contributed by atoms with Crippen molar-refractivity contribution in [2.75, 3.05) is 6.54 Å². The second-order valence-corrected chi connectivity index (χ2v) is 3.65. The summed E-state index contributed by atoms with van der Waals surface area (Å²) in [5, 5.41) is 3.70. The van der Waals surface area contributed by atoms with Crippen LogP contribution >= 0.6 is 0 Å². The molecule has 0 fully saturated rings. The van der Waals surface area contributed by atoms with Crippen LogP contribution in [0.4, 0.5) is 8.78 Å². The second kappa shape index (κ2) is 4.61. The van der Waals surface area contributed by atoms with Gasteiger partial charge >= 0.3 is 0 Å². The molecule has 86 valence electrons. The number of aryl methyl sites for hydroxylation is 1. The standard InChI is InChI=1S/C12H13F2NO/c1-8-10(6-15-7-12(13)14)9-4-2-3-5-11(9)16-8/h2-5,12,15H,6-7H2,1H3. The number of rotatable bonds is 4. The quantitative estimate of drug-likeness (QED) is 0.864. The van der Waals surface area contributed by atoms with Gasteiger partial charge in [-0.05, 0) is 13.0 Å². The molecule has 2 nitrogen and oxygen atoms in total. The largest absolute Gasteiger partial charge is 0.461 e. The zero-order valence-electron chi connectivity index (χ0n) is 8.97. The SMILES string of the molecule is Cc1oc2ccccc2c1CNCC(F)F. The van der Waals surface area contributed by atoms with Gasteiger partial charge in [-0.3, -0.25) is 0 Å². The van der Waals surface area contributed by atoms with Crippen molar-refractivity contribution in [1.82, 2.24) is 5.32 Å². The molecule has 1 N–H and O–H groups in total. The molecule has 0 saturated carbocycles. The van der Waals surface area contributed by atoms with Crippen LogP contribution in [0.5, 0.6) is 0 Å². The average molecular weight is 225 g/mol.